The summed E-state index contributed by atoms with van der Waals surface area (Å²) in [6.07, 6.45) is 1.57. The van der Waals surface area contributed by atoms with Crippen LogP contribution in [0.3, 0.4) is 0 Å². The lowest BCUT2D eigenvalue weighted by atomic mass is 9.94. The molecule has 2 heterocycles. The van der Waals surface area contributed by atoms with Gasteiger partial charge in [0.1, 0.15) is 34.7 Å². The number of nitrogens with two attached hydrogens (primary N) is 1. The Labute approximate surface area is 182 Å². The Kier molecular flexibility index (Phi) is 5.17. The molecule has 4 aromatic rings. The van der Waals surface area contributed by atoms with Gasteiger partial charge in [-0.25, -0.2) is 4.98 Å². The smallest absolute Gasteiger partial charge is 0.142 e. The molecule has 0 atom stereocenters. The molecule has 0 aliphatic carbocycles. The highest BCUT2D eigenvalue weighted by Crippen LogP contribution is 2.44. The number of nitrogens with zero attached hydrogens (tertiary/aromatic N) is 2. The summed E-state index contributed by atoms with van der Waals surface area (Å²) in [7, 11) is 3.06. The number of methoxy groups -OCH3 is 2. The maximum absolute atomic E-state index is 9.81. The molecule has 0 bridgehead atoms. The number of anilines is 1. The molecule has 150 valence electrons. The van der Waals surface area contributed by atoms with Gasteiger partial charge in [0.25, 0.3) is 0 Å². The van der Waals surface area contributed by atoms with E-state index < -0.39 is 0 Å². The maximum Gasteiger partial charge on any atom is 0.142 e. The molecule has 0 saturated carbocycles. The molecule has 2 aromatic carbocycles. The predicted octanol–water partition coefficient (Wildman–Crippen LogP) is 5.94. The van der Waals surface area contributed by atoms with Crippen molar-refractivity contribution in [3.8, 4) is 40.0 Å². The van der Waals surface area contributed by atoms with E-state index in [-0.39, 0.29) is 11.4 Å². The van der Waals surface area contributed by atoms with Crippen molar-refractivity contribution >= 4 is 39.9 Å². The van der Waals surface area contributed by atoms with Gasteiger partial charge in [0.05, 0.1) is 41.6 Å². The molecule has 0 amide bonds. The zero-order chi connectivity index (χ0) is 21.4. The SMILES string of the molecule is COc1cc(-c2c(C#N)c(N)nc3cc(-c4ccco4)c(OC)cc23)c(Cl)cc1Cl. The molecule has 0 spiro atoms. The van der Waals surface area contributed by atoms with Gasteiger partial charge in [0, 0.05) is 16.5 Å². The Bertz CT molecular complexity index is 1310. The molecule has 0 radical (unpaired) electrons. The number of fused-ring (bicyclic) bond motifs is 1. The van der Waals surface area contributed by atoms with E-state index in [1.54, 1.807) is 43.7 Å². The summed E-state index contributed by atoms with van der Waals surface area (Å²) in [4.78, 5) is 4.43. The van der Waals surface area contributed by atoms with Gasteiger partial charge in [0.15, 0.2) is 0 Å². The Balaban J connectivity index is 2.13. The molecule has 6 nitrogen and oxygen atoms in total. The average molecular weight is 440 g/mol. The Morgan fingerprint density at radius 3 is 2.43 bits per heavy atom. The molecule has 2 N–H and O–H groups in total. The van der Waals surface area contributed by atoms with Crippen molar-refractivity contribution in [3.63, 3.8) is 0 Å². The second-order valence-corrected chi connectivity index (χ2v) is 7.19. The summed E-state index contributed by atoms with van der Waals surface area (Å²) < 4.78 is 16.4. The lowest BCUT2D eigenvalue weighted by Gasteiger charge is -2.16. The zero-order valence-electron chi connectivity index (χ0n) is 16.0. The number of hydrogen-bond donors (Lipinski definition) is 1. The van der Waals surface area contributed by atoms with E-state index >= 15 is 0 Å². The predicted molar refractivity (Wildman–Crippen MR) is 117 cm³/mol. The van der Waals surface area contributed by atoms with E-state index in [2.05, 4.69) is 11.1 Å². The van der Waals surface area contributed by atoms with E-state index in [1.165, 1.54) is 7.11 Å². The van der Waals surface area contributed by atoms with Gasteiger partial charge in [-0.1, -0.05) is 23.2 Å². The van der Waals surface area contributed by atoms with Crippen LogP contribution >= 0.6 is 23.2 Å². The highest BCUT2D eigenvalue weighted by Gasteiger charge is 2.22. The minimum atomic E-state index is 0.0838. The quantitative estimate of drug-likeness (QED) is 0.422. The first kappa shape index (κ1) is 19.9. The zero-order valence-corrected chi connectivity index (χ0v) is 17.5. The molecule has 8 heteroatoms. The summed E-state index contributed by atoms with van der Waals surface area (Å²) in [5, 5.41) is 11.1. The minimum Gasteiger partial charge on any atom is -0.496 e. The number of hydrogen-bond acceptors (Lipinski definition) is 6. The van der Waals surface area contributed by atoms with E-state index in [0.29, 0.717) is 54.9 Å². The van der Waals surface area contributed by atoms with Crippen LogP contribution in [0.2, 0.25) is 10.0 Å². The van der Waals surface area contributed by atoms with Crippen molar-refractivity contribution in [2.75, 3.05) is 20.0 Å². The van der Waals surface area contributed by atoms with Crippen molar-refractivity contribution < 1.29 is 13.9 Å². The number of ether oxygens (including phenoxy) is 2. The average Bonchev–Trinajstić information content (AvgIpc) is 3.27. The molecule has 0 fully saturated rings. The number of pyridine rings is 1. The standard InChI is InChI=1S/C22H15Cl2N3O3/c1-28-19-8-12-17(6-13(19)18-4-3-5-30-18)27-22(26)14(10-25)21(12)11-7-20(29-2)16(24)9-15(11)23/h3-9H,1-2H3,(H2,26,27). The van der Waals surface area contributed by atoms with Gasteiger partial charge in [-0.3, -0.25) is 0 Å². The van der Waals surface area contributed by atoms with Crippen LogP contribution in [0, 0.1) is 11.3 Å². The van der Waals surface area contributed by atoms with Crippen LogP contribution in [0.4, 0.5) is 5.82 Å². The normalized spacial score (nSPS) is 10.8. The van der Waals surface area contributed by atoms with Crippen LogP contribution in [0.5, 0.6) is 11.5 Å². The minimum absolute atomic E-state index is 0.0838. The molecular weight excluding hydrogens is 425 g/mol. The molecule has 0 unspecified atom stereocenters. The van der Waals surface area contributed by atoms with Gasteiger partial charge in [0.2, 0.25) is 0 Å². The van der Waals surface area contributed by atoms with E-state index in [9.17, 15) is 5.26 Å². The number of furan rings is 1. The number of nitrogen functional groups attached to an aromatic ring is 1. The van der Waals surface area contributed by atoms with Crippen molar-refractivity contribution in [2.24, 2.45) is 0 Å². The van der Waals surface area contributed by atoms with Crippen LogP contribution in [0.25, 0.3) is 33.4 Å². The van der Waals surface area contributed by atoms with Crippen molar-refractivity contribution in [1.29, 1.82) is 5.26 Å². The second kappa shape index (κ2) is 7.79. The molecular formula is C22H15Cl2N3O3. The second-order valence-electron chi connectivity index (χ2n) is 6.37. The van der Waals surface area contributed by atoms with Crippen molar-refractivity contribution in [1.82, 2.24) is 4.98 Å². The molecule has 0 aliphatic heterocycles. The highest BCUT2D eigenvalue weighted by atomic mass is 35.5. The van der Waals surface area contributed by atoms with Crippen LogP contribution < -0.4 is 15.2 Å². The van der Waals surface area contributed by atoms with Crippen LogP contribution in [-0.4, -0.2) is 19.2 Å². The van der Waals surface area contributed by atoms with Crippen LogP contribution in [-0.2, 0) is 0 Å². The summed E-state index contributed by atoms with van der Waals surface area (Å²) in [5.74, 6) is 1.67. The van der Waals surface area contributed by atoms with Gasteiger partial charge in [-0.2, -0.15) is 5.26 Å². The third-order valence-electron chi connectivity index (χ3n) is 4.74. The Morgan fingerprint density at radius 1 is 1.03 bits per heavy atom. The van der Waals surface area contributed by atoms with Crippen molar-refractivity contribution in [3.05, 3.63) is 58.3 Å². The number of halogens is 2. The number of rotatable bonds is 4. The Morgan fingerprint density at radius 2 is 1.80 bits per heavy atom. The fourth-order valence-electron chi connectivity index (χ4n) is 3.37. The maximum atomic E-state index is 9.81. The van der Waals surface area contributed by atoms with Crippen molar-refractivity contribution in [2.45, 2.75) is 0 Å². The molecule has 30 heavy (non-hydrogen) atoms. The third-order valence-corrected chi connectivity index (χ3v) is 5.35. The van der Waals surface area contributed by atoms with Gasteiger partial charge in [-0.05, 0) is 36.4 Å². The number of nitriles is 1. The monoisotopic (exact) mass is 439 g/mol. The molecule has 0 saturated heterocycles. The highest BCUT2D eigenvalue weighted by molar-refractivity contribution is 6.37. The Hall–Kier alpha value is -3.40. The lowest BCUT2D eigenvalue weighted by Crippen LogP contribution is -2.01. The summed E-state index contributed by atoms with van der Waals surface area (Å²) >= 11 is 12.7. The largest absolute Gasteiger partial charge is 0.496 e. The first-order valence-corrected chi connectivity index (χ1v) is 9.52. The van der Waals surface area contributed by atoms with Gasteiger partial charge >= 0.3 is 0 Å². The summed E-state index contributed by atoms with van der Waals surface area (Å²) in [6.45, 7) is 0. The summed E-state index contributed by atoms with van der Waals surface area (Å²) in [6, 6.07) is 12.6. The van der Waals surface area contributed by atoms with Gasteiger partial charge < -0.3 is 19.6 Å². The lowest BCUT2D eigenvalue weighted by molar-refractivity contribution is 0.415. The first-order chi connectivity index (χ1) is 14.5. The fourth-order valence-corrected chi connectivity index (χ4v) is 3.93. The van der Waals surface area contributed by atoms with E-state index in [1.807, 2.05) is 6.07 Å². The summed E-state index contributed by atoms with van der Waals surface area (Å²) in [5.41, 5.74) is 8.65. The molecule has 2 aromatic heterocycles. The van der Waals surface area contributed by atoms with E-state index in [0.717, 1.165) is 0 Å². The number of benzene rings is 2. The fraction of sp³-hybridized carbons (Fsp3) is 0.0909. The third kappa shape index (κ3) is 3.18. The topological polar surface area (TPSA) is 94.3 Å². The number of aromatic nitrogens is 1. The van der Waals surface area contributed by atoms with Gasteiger partial charge in [-0.15, -0.1) is 0 Å². The van der Waals surface area contributed by atoms with E-state index in [4.69, 9.17) is 42.8 Å². The molecule has 4 rings (SSSR count). The molecule has 0 aliphatic rings. The first-order valence-electron chi connectivity index (χ1n) is 8.77. The van der Waals surface area contributed by atoms with Crippen LogP contribution in [0.15, 0.2) is 47.1 Å². The van der Waals surface area contributed by atoms with Crippen LogP contribution in [0.1, 0.15) is 5.56 Å².